The van der Waals surface area contributed by atoms with Crippen LogP contribution >= 0.6 is 11.3 Å². The van der Waals surface area contributed by atoms with Gasteiger partial charge < -0.3 is 14.6 Å². The smallest absolute Gasteiger partial charge is 0.277 e. The second-order valence-electron chi connectivity index (χ2n) is 7.46. The summed E-state index contributed by atoms with van der Waals surface area (Å²) in [5, 5.41) is 5.08. The van der Waals surface area contributed by atoms with E-state index in [9.17, 15) is 9.59 Å². The molecular formula is C23H23N5O3S. The van der Waals surface area contributed by atoms with Crippen LogP contribution in [0.4, 0.5) is 5.95 Å². The molecule has 0 unspecified atom stereocenters. The predicted molar refractivity (Wildman–Crippen MR) is 126 cm³/mol. The van der Waals surface area contributed by atoms with E-state index < -0.39 is 0 Å². The number of hydrogen-bond acceptors (Lipinski definition) is 6. The van der Waals surface area contributed by atoms with Gasteiger partial charge in [0.15, 0.2) is 0 Å². The highest BCUT2D eigenvalue weighted by atomic mass is 32.1. The number of benzene rings is 1. The van der Waals surface area contributed by atoms with Crippen molar-refractivity contribution in [3.05, 3.63) is 69.9 Å². The molecule has 1 aliphatic heterocycles. The molecule has 1 aliphatic rings. The van der Waals surface area contributed by atoms with Gasteiger partial charge in [0, 0.05) is 37.0 Å². The first-order chi connectivity index (χ1) is 15.4. The number of nitrogens with one attached hydrogen (secondary N) is 2. The van der Waals surface area contributed by atoms with Crippen molar-refractivity contribution in [1.29, 1.82) is 0 Å². The van der Waals surface area contributed by atoms with Gasteiger partial charge in [0.05, 0.1) is 17.6 Å². The molecule has 1 fully saturated rings. The number of H-pyrrole nitrogens is 1. The molecule has 0 saturated carbocycles. The van der Waals surface area contributed by atoms with Gasteiger partial charge in [0.25, 0.3) is 11.8 Å². The Bertz CT molecular complexity index is 1280. The van der Waals surface area contributed by atoms with E-state index in [2.05, 4.69) is 26.8 Å². The van der Waals surface area contributed by atoms with Crippen LogP contribution in [0.2, 0.25) is 0 Å². The normalized spacial score (nSPS) is 15.8. The summed E-state index contributed by atoms with van der Waals surface area (Å²) in [5.74, 6) is 0.662. The number of aromatic nitrogens is 3. The minimum absolute atomic E-state index is 0.108. The summed E-state index contributed by atoms with van der Waals surface area (Å²) in [6.45, 7) is 6.68. The van der Waals surface area contributed by atoms with Crippen molar-refractivity contribution in [3.63, 3.8) is 0 Å². The third kappa shape index (κ3) is 4.33. The van der Waals surface area contributed by atoms with Crippen LogP contribution in [-0.4, -0.2) is 52.4 Å². The predicted octanol–water partition coefficient (Wildman–Crippen LogP) is 4.24. The number of carbonyl (C=O) groups is 2. The third-order valence-electron chi connectivity index (χ3n) is 4.93. The Balaban J connectivity index is 1.48. The highest BCUT2D eigenvalue weighted by molar-refractivity contribution is 7.11. The van der Waals surface area contributed by atoms with Crippen molar-refractivity contribution in [1.82, 2.24) is 19.9 Å². The number of nitrogens with zero attached hydrogens (tertiary/aromatic N) is 3. The molecule has 164 valence electrons. The van der Waals surface area contributed by atoms with Crippen LogP contribution in [0.15, 0.2) is 53.6 Å². The number of carbonyl (C=O) groups excluding carboxylic acids is 2. The highest BCUT2D eigenvalue weighted by Gasteiger charge is 2.17. The van der Waals surface area contributed by atoms with Gasteiger partial charge in [0.2, 0.25) is 5.95 Å². The zero-order valence-corrected chi connectivity index (χ0v) is 18.9. The van der Waals surface area contributed by atoms with Crippen LogP contribution < -0.4 is 5.32 Å². The molecule has 3 heterocycles. The lowest BCUT2D eigenvalue weighted by atomic mass is 10.1. The molecular weight excluding hydrogens is 426 g/mol. The first-order valence-corrected chi connectivity index (χ1v) is 10.9. The third-order valence-corrected chi connectivity index (χ3v) is 5.85. The van der Waals surface area contributed by atoms with E-state index in [0.717, 1.165) is 23.3 Å². The molecule has 0 spiro atoms. The molecule has 8 nitrogen and oxygen atoms in total. The van der Waals surface area contributed by atoms with Gasteiger partial charge in [-0.3, -0.25) is 14.9 Å². The van der Waals surface area contributed by atoms with Crippen molar-refractivity contribution in [2.45, 2.75) is 13.3 Å². The summed E-state index contributed by atoms with van der Waals surface area (Å²) in [4.78, 5) is 38.1. The summed E-state index contributed by atoms with van der Waals surface area (Å²) >= 11 is 1.35. The quantitative estimate of drug-likeness (QED) is 0.607. The average Bonchev–Trinajstić information content (AvgIpc) is 3.51. The van der Waals surface area contributed by atoms with Crippen LogP contribution in [0.25, 0.3) is 16.6 Å². The molecule has 2 aromatic heterocycles. The SMILES string of the molecule is C=C(/C=C1/CCOC1=CC)c1nc(C(=O)Nc2nc3ccc(C(=O)N(C)C)cc3[nH]2)cs1. The second kappa shape index (κ2) is 8.80. The zero-order valence-electron chi connectivity index (χ0n) is 18.1. The van der Waals surface area contributed by atoms with Gasteiger partial charge in [0.1, 0.15) is 16.5 Å². The lowest BCUT2D eigenvalue weighted by molar-refractivity contribution is 0.0827. The van der Waals surface area contributed by atoms with Gasteiger partial charge in [-0.2, -0.15) is 0 Å². The summed E-state index contributed by atoms with van der Waals surface area (Å²) in [7, 11) is 3.39. The van der Waals surface area contributed by atoms with Gasteiger partial charge in [-0.15, -0.1) is 11.3 Å². The molecule has 0 radical (unpaired) electrons. The van der Waals surface area contributed by atoms with E-state index in [0.29, 0.717) is 28.2 Å². The molecule has 0 atom stereocenters. The van der Waals surface area contributed by atoms with E-state index in [-0.39, 0.29) is 23.5 Å². The fourth-order valence-corrected chi connectivity index (χ4v) is 4.07. The standard InChI is InChI=1S/C23H23N5O3S/c1-5-19-14(8-9-31-19)10-13(2)21-24-18(12-32-21)20(29)27-23-25-16-7-6-15(11-17(16)26-23)22(30)28(3)4/h5-7,10-12H,2,8-9H2,1,3-4H3,(H2,25,26,27,29)/b14-10-,19-5?. The van der Waals surface area contributed by atoms with Crippen LogP contribution in [0.1, 0.15) is 39.2 Å². The van der Waals surface area contributed by atoms with Gasteiger partial charge in [-0.1, -0.05) is 6.58 Å². The molecule has 0 aliphatic carbocycles. The molecule has 9 heteroatoms. The Labute approximate surface area is 189 Å². The maximum atomic E-state index is 12.7. The van der Waals surface area contributed by atoms with Crippen LogP contribution in [-0.2, 0) is 4.74 Å². The Hall–Kier alpha value is -3.72. The minimum atomic E-state index is -0.380. The number of imidazole rings is 1. The molecule has 3 aromatic rings. The number of anilines is 1. The zero-order chi connectivity index (χ0) is 22.8. The fourth-order valence-electron chi connectivity index (χ4n) is 3.33. The number of aromatic amines is 1. The van der Waals surface area contributed by atoms with E-state index in [1.54, 1.807) is 37.7 Å². The summed E-state index contributed by atoms with van der Waals surface area (Å²) in [5.41, 5.74) is 3.93. The lowest BCUT2D eigenvalue weighted by Crippen LogP contribution is -2.21. The van der Waals surface area contributed by atoms with E-state index in [1.807, 2.05) is 19.1 Å². The maximum Gasteiger partial charge on any atom is 0.277 e. The largest absolute Gasteiger partial charge is 0.493 e. The fraction of sp³-hybridized carbons (Fsp3) is 0.217. The summed E-state index contributed by atoms with van der Waals surface area (Å²) in [6.07, 6.45) is 4.71. The average molecular weight is 450 g/mol. The number of hydrogen-bond donors (Lipinski definition) is 2. The molecule has 4 rings (SSSR count). The summed E-state index contributed by atoms with van der Waals surface area (Å²) in [6, 6.07) is 5.16. The topological polar surface area (TPSA) is 100 Å². The van der Waals surface area contributed by atoms with Crippen molar-refractivity contribution in [2.24, 2.45) is 0 Å². The minimum Gasteiger partial charge on any atom is -0.493 e. The molecule has 1 aromatic carbocycles. The van der Waals surface area contributed by atoms with Crippen molar-refractivity contribution in [2.75, 3.05) is 26.0 Å². The van der Waals surface area contributed by atoms with Crippen molar-refractivity contribution >= 4 is 45.7 Å². The van der Waals surface area contributed by atoms with Crippen LogP contribution in [0, 0.1) is 0 Å². The Kier molecular flexibility index (Phi) is 5.91. The molecule has 1 saturated heterocycles. The molecule has 0 bridgehead atoms. The Morgan fingerprint density at radius 2 is 2.12 bits per heavy atom. The van der Waals surface area contributed by atoms with Gasteiger partial charge in [-0.25, -0.2) is 9.97 Å². The molecule has 2 N–H and O–H groups in total. The molecule has 32 heavy (non-hydrogen) atoms. The van der Waals surface area contributed by atoms with Crippen LogP contribution in [0.5, 0.6) is 0 Å². The van der Waals surface area contributed by atoms with E-state index in [4.69, 9.17) is 4.74 Å². The highest BCUT2D eigenvalue weighted by Crippen LogP contribution is 2.28. The second-order valence-corrected chi connectivity index (χ2v) is 8.31. The monoisotopic (exact) mass is 449 g/mol. The van der Waals surface area contributed by atoms with Crippen LogP contribution in [0.3, 0.4) is 0 Å². The Morgan fingerprint density at radius 3 is 2.88 bits per heavy atom. The number of allylic oxidation sites excluding steroid dienone is 4. The number of fused-ring (bicyclic) bond motifs is 1. The van der Waals surface area contributed by atoms with E-state index >= 15 is 0 Å². The number of amides is 2. The summed E-state index contributed by atoms with van der Waals surface area (Å²) < 4.78 is 5.56. The first-order valence-electron chi connectivity index (χ1n) is 10.0. The Morgan fingerprint density at radius 1 is 1.31 bits per heavy atom. The van der Waals surface area contributed by atoms with Crippen molar-refractivity contribution in [3.8, 4) is 0 Å². The lowest BCUT2D eigenvalue weighted by Gasteiger charge is -2.09. The van der Waals surface area contributed by atoms with Gasteiger partial charge in [-0.05, 0) is 42.8 Å². The maximum absolute atomic E-state index is 12.7. The van der Waals surface area contributed by atoms with E-state index in [1.165, 1.54) is 16.2 Å². The first kappa shape index (κ1) is 21.5. The number of thiazole rings is 1. The van der Waals surface area contributed by atoms with Crippen molar-refractivity contribution < 1.29 is 14.3 Å². The van der Waals surface area contributed by atoms with Gasteiger partial charge >= 0.3 is 0 Å². The molecule has 2 amide bonds. The number of ether oxygens (including phenoxy) is 1. The number of rotatable bonds is 5.